The van der Waals surface area contributed by atoms with E-state index in [1.54, 1.807) is 0 Å². The van der Waals surface area contributed by atoms with Gasteiger partial charge in [-0.1, -0.05) is 52.3 Å². The molecule has 0 radical (unpaired) electrons. The van der Waals surface area contributed by atoms with E-state index in [9.17, 15) is 0 Å². The van der Waals surface area contributed by atoms with Crippen LogP contribution in [-0.4, -0.2) is 19.9 Å². The average Bonchev–Trinajstić information content (AvgIpc) is 3.30. The van der Waals surface area contributed by atoms with Gasteiger partial charge in [0.15, 0.2) is 11.6 Å². The minimum Gasteiger partial charge on any atom is -0.339 e. The zero-order valence-electron chi connectivity index (χ0n) is 15.4. The minimum absolute atomic E-state index is 0.768. The molecule has 0 aliphatic rings. The van der Waals surface area contributed by atoms with Crippen molar-refractivity contribution in [2.75, 3.05) is 0 Å². The maximum Gasteiger partial charge on any atom is 0.173 e. The first-order valence-corrected chi connectivity index (χ1v) is 9.76. The van der Waals surface area contributed by atoms with E-state index in [1.807, 2.05) is 24.5 Å². The monoisotopic (exact) mass is 420 g/mol. The van der Waals surface area contributed by atoms with Crippen molar-refractivity contribution in [3.8, 4) is 11.6 Å². The summed E-state index contributed by atoms with van der Waals surface area (Å²) in [4.78, 5) is 15.8. The number of nitrogens with one attached hydrogen (secondary N) is 2. The van der Waals surface area contributed by atoms with E-state index in [-0.39, 0.29) is 0 Å². The highest BCUT2D eigenvalue weighted by Gasteiger charge is 2.11. The molecule has 0 atom stereocenters. The van der Waals surface area contributed by atoms with Crippen molar-refractivity contribution in [2.45, 2.75) is 26.7 Å². The van der Waals surface area contributed by atoms with Crippen LogP contribution in [0.15, 0.2) is 59.3 Å². The molecule has 136 valence electrons. The molecule has 2 aromatic heterocycles. The van der Waals surface area contributed by atoms with E-state index in [1.165, 1.54) is 22.3 Å². The predicted molar refractivity (Wildman–Crippen MR) is 112 cm³/mol. The Kier molecular flexibility index (Phi) is 4.94. The van der Waals surface area contributed by atoms with E-state index in [0.717, 1.165) is 40.4 Å². The van der Waals surface area contributed by atoms with Gasteiger partial charge in [0.1, 0.15) is 0 Å². The third-order valence-electron chi connectivity index (χ3n) is 4.83. The number of aromatic amines is 2. The van der Waals surface area contributed by atoms with Gasteiger partial charge in [-0.05, 0) is 42.2 Å². The first-order valence-electron chi connectivity index (χ1n) is 8.97. The highest BCUT2D eigenvalue weighted by molar-refractivity contribution is 9.10. The van der Waals surface area contributed by atoms with E-state index in [4.69, 9.17) is 0 Å². The number of nitrogens with zero attached hydrogens (tertiary/aromatic N) is 2. The second-order valence-electron chi connectivity index (χ2n) is 6.83. The Morgan fingerprint density at radius 2 is 1.37 bits per heavy atom. The van der Waals surface area contributed by atoms with Crippen LogP contribution in [0.1, 0.15) is 33.6 Å². The Labute approximate surface area is 167 Å². The van der Waals surface area contributed by atoms with Crippen molar-refractivity contribution in [3.63, 3.8) is 0 Å². The van der Waals surface area contributed by atoms with Crippen LogP contribution in [0.3, 0.4) is 0 Å². The number of rotatable bonds is 5. The number of benzene rings is 2. The lowest BCUT2D eigenvalue weighted by Crippen LogP contribution is -1.95. The molecular formula is C22H21BrN4. The van der Waals surface area contributed by atoms with Crippen molar-refractivity contribution < 1.29 is 0 Å². The summed E-state index contributed by atoms with van der Waals surface area (Å²) in [6.07, 6.45) is 5.42. The molecule has 0 aliphatic carbocycles. The first-order chi connectivity index (χ1) is 13.1. The van der Waals surface area contributed by atoms with Gasteiger partial charge < -0.3 is 9.97 Å². The summed E-state index contributed by atoms with van der Waals surface area (Å²) in [6.45, 7) is 4.31. The third kappa shape index (κ3) is 3.88. The van der Waals surface area contributed by atoms with Crippen LogP contribution in [0.5, 0.6) is 0 Å². The fourth-order valence-electron chi connectivity index (χ4n) is 3.30. The van der Waals surface area contributed by atoms with Crippen LogP contribution < -0.4 is 0 Å². The van der Waals surface area contributed by atoms with Gasteiger partial charge in [-0.2, -0.15) is 0 Å². The number of hydrogen-bond donors (Lipinski definition) is 2. The van der Waals surface area contributed by atoms with Crippen molar-refractivity contribution in [1.29, 1.82) is 0 Å². The minimum atomic E-state index is 0.768. The molecule has 0 fully saturated rings. The summed E-state index contributed by atoms with van der Waals surface area (Å²) in [5.74, 6) is 1.54. The molecule has 0 bridgehead atoms. The second-order valence-corrected chi connectivity index (χ2v) is 7.68. The fourth-order valence-corrected chi connectivity index (χ4v) is 3.73. The Hall–Kier alpha value is -2.66. The first kappa shape index (κ1) is 17.7. The average molecular weight is 421 g/mol. The number of H-pyrrole nitrogens is 2. The summed E-state index contributed by atoms with van der Waals surface area (Å²) in [5.41, 5.74) is 7.33. The van der Waals surface area contributed by atoms with E-state index in [2.05, 4.69) is 80.0 Å². The van der Waals surface area contributed by atoms with Crippen LogP contribution in [0, 0.1) is 13.8 Å². The SMILES string of the molecule is Cc1cccc(C)c1Cc1cnc(-c2ncc(Cc3ccccc3Br)[nH]2)[nH]1. The second kappa shape index (κ2) is 7.53. The zero-order valence-corrected chi connectivity index (χ0v) is 17.0. The van der Waals surface area contributed by atoms with E-state index in [0.29, 0.717) is 0 Å². The lowest BCUT2D eigenvalue weighted by Gasteiger charge is -2.07. The van der Waals surface area contributed by atoms with Gasteiger partial charge in [0.2, 0.25) is 0 Å². The van der Waals surface area contributed by atoms with Crippen molar-refractivity contribution in [1.82, 2.24) is 19.9 Å². The van der Waals surface area contributed by atoms with Crippen LogP contribution in [0.4, 0.5) is 0 Å². The van der Waals surface area contributed by atoms with Gasteiger partial charge in [-0.3, -0.25) is 0 Å². The quantitative estimate of drug-likeness (QED) is 0.456. The van der Waals surface area contributed by atoms with Gasteiger partial charge in [-0.25, -0.2) is 9.97 Å². The molecule has 0 aliphatic heterocycles. The molecule has 0 spiro atoms. The number of halogens is 1. The molecule has 4 aromatic rings. The van der Waals surface area contributed by atoms with Crippen LogP contribution >= 0.6 is 15.9 Å². The maximum absolute atomic E-state index is 4.52. The van der Waals surface area contributed by atoms with Crippen molar-refractivity contribution in [2.24, 2.45) is 0 Å². The smallest absolute Gasteiger partial charge is 0.173 e. The number of imidazole rings is 2. The van der Waals surface area contributed by atoms with Gasteiger partial charge in [0, 0.05) is 41.1 Å². The summed E-state index contributed by atoms with van der Waals surface area (Å²) in [7, 11) is 0. The van der Waals surface area contributed by atoms with Gasteiger partial charge in [0.25, 0.3) is 0 Å². The molecule has 5 heteroatoms. The summed E-state index contributed by atoms with van der Waals surface area (Å²) in [6, 6.07) is 14.6. The summed E-state index contributed by atoms with van der Waals surface area (Å²) < 4.78 is 1.11. The molecule has 4 rings (SSSR count). The maximum atomic E-state index is 4.52. The molecule has 0 amide bonds. The summed E-state index contributed by atoms with van der Waals surface area (Å²) >= 11 is 3.60. The molecule has 27 heavy (non-hydrogen) atoms. The van der Waals surface area contributed by atoms with Gasteiger partial charge in [0.05, 0.1) is 0 Å². The Morgan fingerprint density at radius 3 is 2.00 bits per heavy atom. The van der Waals surface area contributed by atoms with Crippen molar-refractivity contribution >= 4 is 15.9 Å². The third-order valence-corrected chi connectivity index (χ3v) is 5.61. The van der Waals surface area contributed by atoms with Gasteiger partial charge in [-0.15, -0.1) is 0 Å². The van der Waals surface area contributed by atoms with Gasteiger partial charge >= 0.3 is 0 Å². The summed E-state index contributed by atoms with van der Waals surface area (Å²) in [5, 5.41) is 0. The number of hydrogen-bond acceptors (Lipinski definition) is 2. The normalized spacial score (nSPS) is 11.1. The van der Waals surface area contributed by atoms with Crippen LogP contribution in [0.2, 0.25) is 0 Å². The highest BCUT2D eigenvalue weighted by Crippen LogP contribution is 2.21. The lowest BCUT2D eigenvalue weighted by atomic mass is 9.99. The Bertz CT molecular complexity index is 1060. The largest absolute Gasteiger partial charge is 0.339 e. The van der Waals surface area contributed by atoms with E-state index >= 15 is 0 Å². The number of aromatic nitrogens is 4. The number of aryl methyl sites for hydroxylation is 2. The molecule has 2 N–H and O–H groups in total. The predicted octanol–water partition coefficient (Wildman–Crippen LogP) is 5.36. The fraction of sp³-hybridized carbons (Fsp3) is 0.182. The topological polar surface area (TPSA) is 57.4 Å². The van der Waals surface area contributed by atoms with E-state index < -0.39 is 0 Å². The zero-order chi connectivity index (χ0) is 18.8. The molecule has 0 unspecified atom stereocenters. The molecule has 2 aromatic carbocycles. The van der Waals surface area contributed by atoms with Crippen molar-refractivity contribution in [3.05, 3.63) is 93.0 Å². The van der Waals surface area contributed by atoms with Crippen LogP contribution in [-0.2, 0) is 12.8 Å². The van der Waals surface area contributed by atoms with Crippen LogP contribution in [0.25, 0.3) is 11.6 Å². The molecule has 0 saturated heterocycles. The Morgan fingerprint density at radius 1 is 0.778 bits per heavy atom. The lowest BCUT2D eigenvalue weighted by molar-refractivity contribution is 1.06. The molecule has 2 heterocycles. The Balaban J connectivity index is 1.52. The molecule has 4 nitrogen and oxygen atoms in total. The molecular weight excluding hydrogens is 400 g/mol. The highest BCUT2D eigenvalue weighted by atomic mass is 79.9. The standard InChI is InChI=1S/C22H21BrN4/c1-14-6-5-7-15(2)19(14)11-18-13-25-22(27-18)21-24-12-17(26-21)10-16-8-3-4-9-20(16)23/h3-9,12-13H,10-11H2,1-2H3,(H,24,26)(H,25,27). The molecule has 0 saturated carbocycles.